The van der Waals surface area contributed by atoms with Gasteiger partial charge in [-0.25, -0.2) is 5.43 Å². The van der Waals surface area contributed by atoms with Crippen molar-refractivity contribution in [2.75, 3.05) is 14.2 Å². The van der Waals surface area contributed by atoms with Crippen molar-refractivity contribution in [3.05, 3.63) is 52.5 Å². The fourth-order valence-electron chi connectivity index (χ4n) is 1.85. The Bertz CT molecular complexity index is 747. The van der Waals surface area contributed by atoms with Crippen LogP contribution in [0.1, 0.15) is 15.9 Å². The van der Waals surface area contributed by atoms with Crippen LogP contribution in [0.2, 0.25) is 5.02 Å². The number of carbonyl (C=O) groups excluding carboxylic acids is 1. The van der Waals surface area contributed by atoms with Crippen LogP contribution >= 0.6 is 11.6 Å². The first-order chi connectivity index (χ1) is 11.0. The minimum Gasteiger partial charge on any atom is -0.504 e. The second-order valence-corrected chi connectivity index (χ2v) is 4.91. The predicted molar refractivity (Wildman–Crippen MR) is 87.7 cm³/mol. The number of aromatic hydroxyl groups is 1. The normalized spacial score (nSPS) is 10.6. The highest BCUT2D eigenvalue weighted by Crippen LogP contribution is 2.26. The molecule has 0 saturated heterocycles. The van der Waals surface area contributed by atoms with Gasteiger partial charge in [-0.15, -0.1) is 0 Å². The van der Waals surface area contributed by atoms with Crippen molar-refractivity contribution in [2.24, 2.45) is 5.10 Å². The van der Waals surface area contributed by atoms with Gasteiger partial charge in [-0.1, -0.05) is 11.6 Å². The van der Waals surface area contributed by atoms with Gasteiger partial charge >= 0.3 is 0 Å². The van der Waals surface area contributed by atoms with Crippen molar-refractivity contribution in [3.8, 4) is 17.2 Å². The van der Waals surface area contributed by atoms with E-state index in [1.165, 1.54) is 38.6 Å². The SMILES string of the molecule is COc1cc(C(=O)N/N=C/c2cc(Cl)ccc2OC)ccc1O. The number of nitrogens with one attached hydrogen (secondary N) is 1. The van der Waals surface area contributed by atoms with E-state index in [0.717, 1.165) is 0 Å². The van der Waals surface area contributed by atoms with E-state index in [2.05, 4.69) is 10.5 Å². The fraction of sp³-hybridized carbons (Fsp3) is 0.125. The van der Waals surface area contributed by atoms with Crippen LogP contribution in [-0.2, 0) is 0 Å². The Labute approximate surface area is 138 Å². The van der Waals surface area contributed by atoms with Crippen molar-refractivity contribution in [1.82, 2.24) is 5.43 Å². The molecule has 0 radical (unpaired) electrons. The summed E-state index contributed by atoms with van der Waals surface area (Å²) in [5.41, 5.74) is 3.31. The number of nitrogens with zero attached hydrogens (tertiary/aromatic N) is 1. The average Bonchev–Trinajstić information content (AvgIpc) is 2.55. The molecule has 0 fully saturated rings. The van der Waals surface area contributed by atoms with Crippen LogP contribution in [0.4, 0.5) is 0 Å². The number of benzene rings is 2. The van der Waals surface area contributed by atoms with E-state index in [1.807, 2.05) is 0 Å². The van der Waals surface area contributed by atoms with Crippen molar-refractivity contribution in [3.63, 3.8) is 0 Å². The van der Waals surface area contributed by atoms with Gasteiger partial charge in [0.2, 0.25) is 0 Å². The second-order valence-electron chi connectivity index (χ2n) is 4.47. The summed E-state index contributed by atoms with van der Waals surface area (Å²) in [6, 6.07) is 9.31. The largest absolute Gasteiger partial charge is 0.504 e. The van der Waals surface area contributed by atoms with Gasteiger partial charge in [-0.3, -0.25) is 4.79 Å². The Hall–Kier alpha value is -2.73. The van der Waals surface area contributed by atoms with Gasteiger partial charge in [0.25, 0.3) is 5.91 Å². The van der Waals surface area contributed by atoms with Crippen LogP contribution in [0.3, 0.4) is 0 Å². The Morgan fingerprint density at radius 2 is 1.91 bits per heavy atom. The number of amides is 1. The molecule has 0 atom stereocenters. The highest BCUT2D eigenvalue weighted by molar-refractivity contribution is 6.30. The van der Waals surface area contributed by atoms with Gasteiger partial charge in [-0.05, 0) is 36.4 Å². The number of hydrogen-bond acceptors (Lipinski definition) is 5. The molecule has 2 aromatic carbocycles. The van der Waals surface area contributed by atoms with Crippen LogP contribution in [0, 0.1) is 0 Å². The topological polar surface area (TPSA) is 80.2 Å². The van der Waals surface area contributed by atoms with Crippen molar-refractivity contribution >= 4 is 23.7 Å². The molecule has 0 bridgehead atoms. The molecule has 120 valence electrons. The summed E-state index contributed by atoms with van der Waals surface area (Å²) in [7, 11) is 2.93. The zero-order valence-corrected chi connectivity index (χ0v) is 13.3. The summed E-state index contributed by atoms with van der Waals surface area (Å²) in [5.74, 6) is 0.300. The minimum atomic E-state index is -0.444. The van der Waals surface area contributed by atoms with Crippen LogP contribution in [-0.4, -0.2) is 31.4 Å². The third-order valence-corrected chi connectivity index (χ3v) is 3.24. The predicted octanol–water partition coefficient (Wildman–Crippen LogP) is 2.83. The summed E-state index contributed by atoms with van der Waals surface area (Å²) in [6.07, 6.45) is 1.43. The number of hydrazone groups is 1. The lowest BCUT2D eigenvalue weighted by atomic mass is 10.2. The molecule has 0 saturated carbocycles. The lowest BCUT2D eigenvalue weighted by Crippen LogP contribution is -2.17. The lowest BCUT2D eigenvalue weighted by molar-refractivity contribution is 0.0954. The molecule has 0 unspecified atom stereocenters. The average molecular weight is 335 g/mol. The number of carbonyl (C=O) groups is 1. The van der Waals surface area contributed by atoms with E-state index in [4.69, 9.17) is 21.1 Å². The van der Waals surface area contributed by atoms with Crippen molar-refractivity contribution in [2.45, 2.75) is 0 Å². The van der Waals surface area contributed by atoms with Gasteiger partial charge in [0, 0.05) is 16.1 Å². The maximum Gasteiger partial charge on any atom is 0.271 e. The molecule has 1 amide bonds. The van der Waals surface area contributed by atoms with Crippen LogP contribution in [0.5, 0.6) is 17.2 Å². The first kappa shape index (κ1) is 16.6. The Morgan fingerprint density at radius 1 is 1.17 bits per heavy atom. The van der Waals surface area contributed by atoms with Crippen molar-refractivity contribution < 1.29 is 19.4 Å². The van der Waals surface area contributed by atoms with E-state index in [1.54, 1.807) is 18.2 Å². The van der Waals surface area contributed by atoms with Gasteiger partial charge < -0.3 is 14.6 Å². The third kappa shape index (κ3) is 4.14. The molecule has 0 aromatic heterocycles. The van der Waals surface area contributed by atoms with Crippen LogP contribution < -0.4 is 14.9 Å². The third-order valence-electron chi connectivity index (χ3n) is 3.00. The molecule has 0 aliphatic heterocycles. The summed E-state index contributed by atoms with van der Waals surface area (Å²) in [4.78, 5) is 12.0. The van der Waals surface area contributed by atoms with Gasteiger partial charge in [0.15, 0.2) is 11.5 Å². The van der Waals surface area contributed by atoms with Crippen LogP contribution in [0.25, 0.3) is 0 Å². The Morgan fingerprint density at radius 3 is 2.61 bits per heavy atom. The molecule has 2 N–H and O–H groups in total. The van der Waals surface area contributed by atoms with Gasteiger partial charge in [0.05, 0.1) is 20.4 Å². The second kappa shape index (κ2) is 7.51. The maximum atomic E-state index is 12.0. The standard InChI is InChI=1S/C16H15ClN2O4/c1-22-14-6-4-12(17)7-11(14)9-18-19-16(21)10-3-5-13(20)15(8-10)23-2/h3-9,20H,1-2H3,(H,19,21)/b18-9+. The highest BCUT2D eigenvalue weighted by Gasteiger charge is 2.09. The van der Waals surface area contributed by atoms with Crippen LogP contribution in [0.15, 0.2) is 41.5 Å². The molecule has 0 aliphatic carbocycles. The number of phenolic OH excluding ortho intramolecular Hbond substituents is 1. The smallest absolute Gasteiger partial charge is 0.271 e. The lowest BCUT2D eigenvalue weighted by Gasteiger charge is -2.06. The zero-order chi connectivity index (χ0) is 16.8. The maximum absolute atomic E-state index is 12.0. The number of halogens is 1. The summed E-state index contributed by atoms with van der Waals surface area (Å²) in [5, 5.41) is 13.9. The number of rotatable bonds is 5. The van der Waals surface area contributed by atoms with E-state index >= 15 is 0 Å². The number of ether oxygens (including phenoxy) is 2. The molecule has 2 rings (SSSR count). The first-order valence-corrected chi connectivity index (χ1v) is 6.97. The molecule has 7 heteroatoms. The molecule has 23 heavy (non-hydrogen) atoms. The van der Waals surface area contributed by atoms with Gasteiger partial charge in [0.1, 0.15) is 5.75 Å². The molecule has 0 aliphatic rings. The molecule has 6 nitrogen and oxygen atoms in total. The molecular formula is C16H15ClN2O4. The highest BCUT2D eigenvalue weighted by atomic mass is 35.5. The Balaban J connectivity index is 2.11. The van der Waals surface area contributed by atoms with E-state index in [9.17, 15) is 9.90 Å². The van der Waals surface area contributed by atoms with Gasteiger partial charge in [-0.2, -0.15) is 5.10 Å². The number of hydrogen-bond donors (Lipinski definition) is 2. The summed E-state index contributed by atoms with van der Waals surface area (Å²) >= 11 is 5.92. The first-order valence-electron chi connectivity index (χ1n) is 6.59. The zero-order valence-electron chi connectivity index (χ0n) is 12.5. The Kier molecular flexibility index (Phi) is 5.43. The van der Waals surface area contributed by atoms with E-state index in [0.29, 0.717) is 21.9 Å². The molecule has 2 aromatic rings. The fourth-order valence-corrected chi connectivity index (χ4v) is 2.03. The molecular weight excluding hydrogens is 320 g/mol. The van der Waals surface area contributed by atoms with E-state index in [-0.39, 0.29) is 11.5 Å². The monoisotopic (exact) mass is 334 g/mol. The van der Waals surface area contributed by atoms with Crippen molar-refractivity contribution in [1.29, 1.82) is 0 Å². The summed E-state index contributed by atoms with van der Waals surface area (Å²) in [6.45, 7) is 0. The van der Waals surface area contributed by atoms with E-state index < -0.39 is 5.91 Å². The molecule has 0 spiro atoms. The minimum absolute atomic E-state index is 0.0452. The summed E-state index contributed by atoms with van der Waals surface area (Å²) < 4.78 is 10.1. The number of methoxy groups -OCH3 is 2. The molecule has 0 heterocycles. The number of phenols is 1. The quantitative estimate of drug-likeness (QED) is 0.651.